The van der Waals surface area contributed by atoms with Crippen molar-refractivity contribution in [3.05, 3.63) is 42.0 Å². The molecule has 0 spiro atoms. The van der Waals surface area contributed by atoms with E-state index in [0.717, 1.165) is 49.5 Å². The molecule has 0 amide bonds. The van der Waals surface area contributed by atoms with Crippen molar-refractivity contribution in [2.24, 2.45) is 7.05 Å². The minimum absolute atomic E-state index is 0.134. The summed E-state index contributed by atoms with van der Waals surface area (Å²) in [6.07, 6.45) is 8.05. The topological polar surface area (TPSA) is 57.5 Å². The van der Waals surface area contributed by atoms with E-state index in [1.807, 2.05) is 25.6 Å². The normalized spacial score (nSPS) is 23.2. The summed E-state index contributed by atoms with van der Waals surface area (Å²) in [4.78, 5) is 4.21. The predicted molar refractivity (Wildman–Crippen MR) is 98.4 cm³/mol. The summed E-state index contributed by atoms with van der Waals surface area (Å²) < 4.78 is 18.9. The quantitative estimate of drug-likeness (QED) is 0.861. The third-order valence-electron chi connectivity index (χ3n) is 5.29. The molecular formula is C20H27N3O3. The van der Waals surface area contributed by atoms with Gasteiger partial charge in [0.25, 0.3) is 0 Å². The van der Waals surface area contributed by atoms with Gasteiger partial charge in [-0.05, 0) is 50.3 Å². The standard InChI is InChI=1S/C20H27N3O3/c1-14(3-4-15-5-6-18-20(9-15)26-13-25-18)22-16-7-8-24-19(10-16)17-11-21-12-23(17)2/h5-6,9,11-12,14,16,19,22H,3-4,7-8,10,13H2,1-2H3/t14-,16+,19-/m1/s1. The number of nitrogens with one attached hydrogen (secondary N) is 1. The van der Waals surface area contributed by atoms with Crippen LogP contribution < -0.4 is 14.8 Å². The number of rotatable bonds is 6. The summed E-state index contributed by atoms with van der Waals surface area (Å²) in [5.41, 5.74) is 2.45. The average molecular weight is 357 g/mol. The molecule has 0 saturated carbocycles. The fraction of sp³-hybridized carbons (Fsp3) is 0.550. The molecule has 3 heterocycles. The Labute approximate surface area is 154 Å². The molecule has 0 unspecified atom stereocenters. The molecule has 2 aliphatic heterocycles. The molecule has 1 aromatic carbocycles. The number of fused-ring (bicyclic) bond motifs is 1. The maximum absolute atomic E-state index is 5.96. The minimum Gasteiger partial charge on any atom is -0.454 e. The lowest BCUT2D eigenvalue weighted by Crippen LogP contribution is -2.41. The van der Waals surface area contributed by atoms with E-state index in [-0.39, 0.29) is 6.10 Å². The fourth-order valence-corrected chi connectivity index (χ4v) is 3.80. The lowest BCUT2D eigenvalue weighted by atomic mass is 9.99. The summed E-state index contributed by atoms with van der Waals surface area (Å²) in [5.74, 6) is 1.72. The van der Waals surface area contributed by atoms with Crippen LogP contribution in [0.5, 0.6) is 11.5 Å². The third kappa shape index (κ3) is 3.86. The first kappa shape index (κ1) is 17.4. The van der Waals surface area contributed by atoms with Gasteiger partial charge in [-0.1, -0.05) is 6.07 Å². The highest BCUT2D eigenvalue weighted by Crippen LogP contribution is 2.33. The van der Waals surface area contributed by atoms with Gasteiger partial charge < -0.3 is 24.1 Å². The van der Waals surface area contributed by atoms with Gasteiger partial charge >= 0.3 is 0 Å². The Morgan fingerprint density at radius 2 is 2.19 bits per heavy atom. The van der Waals surface area contributed by atoms with E-state index in [2.05, 4.69) is 33.9 Å². The van der Waals surface area contributed by atoms with E-state index in [1.54, 1.807) is 0 Å². The first-order valence-electron chi connectivity index (χ1n) is 9.41. The zero-order valence-electron chi connectivity index (χ0n) is 15.5. The van der Waals surface area contributed by atoms with Crippen LogP contribution in [0.25, 0.3) is 0 Å². The van der Waals surface area contributed by atoms with Crippen LogP contribution in [0.3, 0.4) is 0 Å². The molecule has 1 N–H and O–H groups in total. The SMILES string of the molecule is C[C@H](CCc1ccc2c(c1)OCO2)N[C@H]1CCO[C@@H](c2cncn2C)C1. The molecule has 0 aliphatic carbocycles. The molecule has 2 aromatic rings. The van der Waals surface area contributed by atoms with Crippen molar-refractivity contribution in [3.63, 3.8) is 0 Å². The molecule has 3 atom stereocenters. The molecule has 0 radical (unpaired) electrons. The largest absolute Gasteiger partial charge is 0.454 e. The van der Waals surface area contributed by atoms with E-state index >= 15 is 0 Å². The van der Waals surface area contributed by atoms with Crippen LogP contribution in [0.4, 0.5) is 0 Å². The van der Waals surface area contributed by atoms with Crippen LogP contribution in [-0.4, -0.2) is 35.0 Å². The van der Waals surface area contributed by atoms with Gasteiger partial charge in [-0.25, -0.2) is 4.98 Å². The van der Waals surface area contributed by atoms with Crippen molar-refractivity contribution in [1.29, 1.82) is 0 Å². The summed E-state index contributed by atoms with van der Waals surface area (Å²) >= 11 is 0. The number of hydrogen-bond donors (Lipinski definition) is 1. The maximum atomic E-state index is 5.96. The van der Waals surface area contributed by atoms with E-state index < -0.39 is 0 Å². The second kappa shape index (κ2) is 7.68. The molecule has 6 heteroatoms. The molecule has 26 heavy (non-hydrogen) atoms. The molecule has 0 bridgehead atoms. The maximum Gasteiger partial charge on any atom is 0.231 e. The molecular weight excluding hydrogens is 330 g/mol. The molecule has 140 valence electrons. The van der Waals surface area contributed by atoms with Crippen molar-refractivity contribution in [2.45, 2.75) is 50.8 Å². The Kier molecular flexibility index (Phi) is 5.13. The van der Waals surface area contributed by atoms with Crippen LogP contribution in [-0.2, 0) is 18.2 Å². The van der Waals surface area contributed by atoms with Crippen molar-refractivity contribution >= 4 is 0 Å². The van der Waals surface area contributed by atoms with Gasteiger partial charge in [0.2, 0.25) is 6.79 Å². The summed E-state index contributed by atoms with van der Waals surface area (Å²) in [5, 5.41) is 3.79. The van der Waals surface area contributed by atoms with Gasteiger partial charge in [-0.3, -0.25) is 0 Å². The fourth-order valence-electron chi connectivity index (χ4n) is 3.80. The first-order chi connectivity index (χ1) is 12.7. The van der Waals surface area contributed by atoms with Gasteiger partial charge in [-0.2, -0.15) is 0 Å². The average Bonchev–Trinajstić information content (AvgIpc) is 3.28. The minimum atomic E-state index is 0.134. The van der Waals surface area contributed by atoms with Gasteiger partial charge in [0, 0.05) is 25.7 Å². The second-order valence-electron chi connectivity index (χ2n) is 7.30. The van der Waals surface area contributed by atoms with Crippen molar-refractivity contribution in [2.75, 3.05) is 13.4 Å². The highest BCUT2D eigenvalue weighted by atomic mass is 16.7. The summed E-state index contributed by atoms with van der Waals surface area (Å²) in [7, 11) is 2.02. The monoisotopic (exact) mass is 357 g/mol. The van der Waals surface area contributed by atoms with Crippen molar-refractivity contribution in [1.82, 2.24) is 14.9 Å². The van der Waals surface area contributed by atoms with Crippen molar-refractivity contribution < 1.29 is 14.2 Å². The number of aromatic nitrogens is 2. The summed E-state index contributed by atoms with van der Waals surface area (Å²) in [6.45, 7) is 3.39. The van der Waals surface area contributed by atoms with Gasteiger partial charge in [0.05, 0.1) is 18.2 Å². The van der Waals surface area contributed by atoms with Gasteiger partial charge in [-0.15, -0.1) is 0 Å². The van der Waals surface area contributed by atoms with E-state index in [0.29, 0.717) is 18.9 Å². The lowest BCUT2D eigenvalue weighted by molar-refractivity contribution is -0.00545. The molecule has 4 rings (SSSR count). The van der Waals surface area contributed by atoms with Crippen LogP contribution >= 0.6 is 0 Å². The molecule has 1 fully saturated rings. The zero-order chi connectivity index (χ0) is 17.9. The number of hydrogen-bond acceptors (Lipinski definition) is 5. The number of nitrogens with zero attached hydrogens (tertiary/aromatic N) is 2. The number of benzene rings is 1. The first-order valence-corrected chi connectivity index (χ1v) is 9.41. The zero-order valence-corrected chi connectivity index (χ0v) is 15.5. The Hall–Kier alpha value is -2.05. The smallest absolute Gasteiger partial charge is 0.231 e. The van der Waals surface area contributed by atoms with Crippen LogP contribution in [0.1, 0.15) is 43.5 Å². The van der Waals surface area contributed by atoms with E-state index in [9.17, 15) is 0 Å². The Bertz CT molecular complexity index is 746. The third-order valence-corrected chi connectivity index (χ3v) is 5.29. The Balaban J connectivity index is 1.28. The number of aryl methyl sites for hydroxylation is 2. The van der Waals surface area contributed by atoms with Crippen LogP contribution in [0.2, 0.25) is 0 Å². The van der Waals surface area contributed by atoms with Gasteiger partial charge in [0.15, 0.2) is 11.5 Å². The number of imidazole rings is 1. The predicted octanol–water partition coefficient (Wildman–Crippen LogP) is 2.98. The highest BCUT2D eigenvalue weighted by Gasteiger charge is 2.26. The molecule has 1 aromatic heterocycles. The van der Waals surface area contributed by atoms with Crippen molar-refractivity contribution in [3.8, 4) is 11.5 Å². The number of ether oxygens (including phenoxy) is 3. The van der Waals surface area contributed by atoms with Crippen LogP contribution in [0.15, 0.2) is 30.7 Å². The second-order valence-corrected chi connectivity index (χ2v) is 7.30. The van der Waals surface area contributed by atoms with E-state index in [1.165, 1.54) is 5.56 Å². The highest BCUT2D eigenvalue weighted by molar-refractivity contribution is 5.44. The summed E-state index contributed by atoms with van der Waals surface area (Å²) in [6, 6.07) is 7.17. The molecule has 1 saturated heterocycles. The van der Waals surface area contributed by atoms with Crippen LogP contribution in [0, 0.1) is 0 Å². The molecule has 6 nitrogen and oxygen atoms in total. The van der Waals surface area contributed by atoms with E-state index in [4.69, 9.17) is 14.2 Å². The Morgan fingerprint density at radius 3 is 3.04 bits per heavy atom. The lowest BCUT2D eigenvalue weighted by Gasteiger charge is -2.32. The Morgan fingerprint density at radius 1 is 1.31 bits per heavy atom. The van der Waals surface area contributed by atoms with Gasteiger partial charge in [0.1, 0.15) is 6.10 Å². The molecule has 2 aliphatic rings.